The fourth-order valence-electron chi connectivity index (χ4n) is 0.710. The van der Waals surface area contributed by atoms with Gasteiger partial charge in [0.05, 0.1) is 6.61 Å². The lowest BCUT2D eigenvalue weighted by atomic mass is 10.5. The molecule has 1 aromatic heterocycles. The van der Waals surface area contributed by atoms with Crippen molar-refractivity contribution in [1.82, 2.24) is 9.78 Å². The van der Waals surface area contributed by atoms with Crippen LogP contribution in [-0.4, -0.2) is 16.4 Å². The Morgan fingerprint density at radius 2 is 2.45 bits per heavy atom. The molecule has 0 bridgehead atoms. The van der Waals surface area contributed by atoms with Crippen molar-refractivity contribution in [3.05, 3.63) is 12.0 Å². The van der Waals surface area contributed by atoms with Gasteiger partial charge in [-0.25, -0.2) is 4.68 Å². The van der Waals surface area contributed by atoms with Crippen LogP contribution >= 0.6 is 0 Å². The Balaban J connectivity index is 2.67. The number of nitrogens with zero attached hydrogens (tertiary/aromatic N) is 2. The minimum atomic E-state index is -0.527. The van der Waals surface area contributed by atoms with Gasteiger partial charge in [0, 0.05) is 7.05 Å². The van der Waals surface area contributed by atoms with Gasteiger partial charge >= 0.3 is 0 Å². The molecule has 1 radical (unpaired) electrons. The third kappa shape index (κ3) is 1.69. The topological polar surface area (TPSA) is 27.1 Å². The molecule has 0 aliphatic carbocycles. The molecule has 0 aliphatic heterocycles. The Bertz CT molecular complexity index is 215. The van der Waals surface area contributed by atoms with Crippen LogP contribution in [0.4, 0.5) is 4.39 Å². The molecule has 0 unspecified atom stereocenters. The van der Waals surface area contributed by atoms with Crippen LogP contribution in [0.3, 0.4) is 0 Å². The van der Waals surface area contributed by atoms with Crippen LogP contribution in [0.25, 0.3) is 0 Å². The Morgan fingerprint density at radius 1 is 1.73 bits per heavy atom. The summed E-state index contributed by atoms with van der Waals surface area (Å²) in [7, 11) is 1.62. The van der Waals surface area contributed by atoms with Gasteiger partial charge < -0.3 is 4.74 Å². The smallest absolute Gasteiger partial charge is 0.249 e. The van der Waals surface area contributed by atoms with Gasteiger partial charge in [0.15, 0.2) is 6.20 Å². The third-order valence-corrected chi connectivity index (χ3v) is 1.22. The Hall–Kier alpha value is -1.06. The fraction of sp³-hybridized carbons (Fsp3) is 0.571. The molecular formula is C7H10FN2O. The van der Waals surface area contributed by atoms with Gasteiger partial charge in [0.25, 0.3) is 0 Å². The molecule has 3 nitrogen and oxygen atoms in total. The van der Waals surface area contributed by atoms with Crippen molar-refractivity contribution in [3.8, 4) is 5.88 Å². The highest BCUT2D eigenvalue weighted by atomic mass is 19.1. The van der Waals surface area contributed by atoms with Gasteiger partial charge in [-0.2, -0.15) is 9.49 Å². The van der Waals surface area contributed by atoms with E-state index in [4.69, 9.17) is 4.74 Å². The van der Waals surface area contributed by atoms with E-state index in [9.17, 15) is 4.39 Å². The summed E-state index contributed by atoms with van der Waals surface area (Å²) in [6, 6.07) is 0. The van der Waals surface area contributed by atoms with Crippen LogP contribution in [0, 0.1) is 12.0 Å². The highest BCUT2D eigenvalue weighted by Crippen LogP contribution is 2.13. The molecule has 11 heavy (non-hydrogen) atoms. The van der Waals surface area contributed by atoms with Crippen LogP contribution in [0.2, 0.25) is 0 Å². The fourth-order valence-corrected chi connectivity index (χ4v) is 0.710. The number of aromatic nitrogens is 2. The first-order valence-corrected chi connectivity index (χ1v) is 3.48. The number of ether oxygens (including phenoxy) is 1. The second-order valence-corrected chi connectivity index (χ2v) is 2.20. The van der Waals surface area contributed by atoms with Gasteiger partial charge in [0.2, 0.25) is 11.7 Å². The van der Waals surface area contributed by atoms with Gasteiger partial charge in [0.1, 0.15) is 0 Å². The summed E-state index contributed by atoms with van der Waals surface area (Å²) in [5, 5.41) is 3.56. The zero-order chi connectivity index (χ0) is 8.27. The van der Waals surface area contributed by atoms with E-state index in [1.54, 1.807) is 7.05 Å². The van der Waals surface area contributed by atoms with E-state index in [2.05, 4.69) is 11.3 Å². The van der Waals surface area contributed by atoms with E-state index < -0.39 is 5.82 Å². The lowest BCUT2D eigenvalue weighted by Gasteiger charge is -2.02. The highest BCUT2D eigenvalue weighted by molar-refractivity contribution is 5.09. The van der Waals surface area contributed by atoms with Gasteiger partial charge in [-0.15, -0.1) is 0 Å². The molecule has 0 saturated carbocycles. The predicted molar refractivity (Wildman–Crippen MR) is 37.8 cm³/mol. The van der Waals surface area contributed by atoms with Gasteiger partial charge in [-0.3, -0.25) is 0 Å². The minimum absolute atomic E-state index is 0.159. The van der Waals surface area contributed by atoms with Crippen molar-refractivity contribution < 1.29 is 9.13 Å². The van der Waals surface area contributed by atoms with Crippen LogP contribution in [0.5, 0.6) is 5.88 Å². The predicted octanol–water partition coefficient (Wildman–Crippen LogP) is 1.15. The Labute approximate surface area is 64.8 Å². The van der Waals surface area contributed by atoms with E-state index in [1.807, 2.05) is 6.92 Å². The second-order valence-electron chi connectivity index (χ2n) is 2.20. The number of hydrogen-bond donors (Lipinski definition) is 0. The average Bonchev–Trinajstić information content (AvgIpc) is 2.29. The van der Waals surface area contributed by atoms with Crippen molar-refractivity contribution in [2.75, 3.05) is 6.61 Å². The van der Waals surface area contributed by atoms with Crippen LogP contribution in [0.15, 0.2) is 0 Å². The molecule has 1 rings (SSSR count). The quantitative estimate of drug-likeness (QED) is 0.658. The summed E-state index contributed by atoms with van der Waals surface area (Å²) in [5.41, 5.74) is 0. The van der Waals surface area contributed by atoms with Crippen LogP contribution in [0.1, 0.15) is 13.3 Å². The van der Waals surface area contributed by atoms with Crippen LogP contribution < -0.4 is 4.74 Å². The highest BCUT2D eigenvalue weighted by Gasteiger charge is 2.08. The Kier molecular flexibility index (Phi) is 2.46. The van der Waals surface area contributed by atoms with E-state index >= 15 is 0 Å². The summed E-state index contributed by atoms with van der Waals surface area (Å²) in [5.74, 6) is -0.368. The molecule has 1 heterocycles. The van der Waals surface area contributed by atoms with Crippen LogP contribution in [-0.2, 0) is 7.05 Å². The maximum atomic E-state index is 12.7. The molecule has 0 N–H and O–H groups in total. The molecule has 4 heteroatoms. The molecule has 0 atom stereocenters. The van der Waals surface area contributed by atoms with Crippen molar-refractivity contribution in [1.29, 1.82) is 0 Å². The SMILES string of the molecule is CCCOc1c(F)[c]nn1C. The summed E-state index contributed by atoms with van der Waals surface area (Å²) in [6.07, 6.45) is 3.02. The van der Waals surface area contributed by atoms with Crippen molar-refractivity contribution in [3.63, 3.8) is 0 Å². The Morgan fingerprint density at radius 3 is 2.91 bits per heavy atom. The zero-order valence-corrected chi connectivity index (χ0v) is 6.59. The maximum absolute atomic E-state index is 12.7. The van der Waals surface area contributed by atoms with Gasteiger partial charge in [-0.1, -0.05) is 6.92 Å². The molecular weight excluding hydrogens is 147 g/mol. The number of rotatable bonds is 3. The van der Waals surface area contributed by atoms with E-state index in [-0.39, 0.29) is 5.88 Å². The minimum Gasteiger partial charge on any atom is -0.476 e. The molecule has 0 spiro atoms. The number of aryl methyl sites for hydroxylation is 1. The number of halogens is 1. The third-order valence-electron chi connectivity index (χ3n) is 1.22. The molecule has 61 valence electrons. The molecule has 0 fully saturated rings. The van der Waals surface area contributed by atoms with Crippen molar-refractivity contribution >= 4 is 0 Å². The summed E-state index contributed by atoms with van der Waals surface area (Å²) >= 11 is 0. The van der Waals surface area contributed by atoms with Crippen molar-refractivity contribution in [2.24, 2.45) is 7.05 Å². The standard InChI is InChI=1S/C7H10FN2O/c1-3-4-11-7-6(8)5-9-10(7)2/h3-4H2,1-2H3. The average molecular weight is 157 g/mol. The second kappa shape index (κ2) is 3.37. The maximum Gasteiger partial charge on any atom is 0.249 e. The normalized spacial score (nSPS) is 10.1. The first-order chi connectivity index (χ1) is 5.25. The summed E-state index contributed by atoms with van der Waals surface area (Å²) < 4.78 is 19.0. The first-order valence-electron chi connectivity index (χ1n) is 3.48. The molecule has 0 amide bonds. The van der Waals surface area contributed by atoms with E-state index in [0.29, 0.717) is 6.61 Å². The zero-order valence-electron chi connectivity index (χ0n) is 6.59. The van der Waals surface area contributed by atoms with Gasteiger partial charge in [-0.05, 0) is 6.42 Å². The molecule has 0 saturated heterocycles. The summed E-state index contributed by atoms with van der Waals surface area (Å²) in [4.78, 5) is 0. The molecule has 0 aromatic carbocycles. The lowest BCUT2D eigenvalue weighted by molar-refractivity contribution is 0.276. The van der Waals surface area contributed by atoms with E-state index in [0.717, 1.165) is 6.42 Å². The molecule has 1 aromatic rings. The summed E-state index contributed by atoms with van der Waals surface area (Å²) in [6.45, 7) is 2.46. The monoisotopic (exact) mass is 157 g/mol. The van der Waals surface area contributed by atoms with E-state index in [1.165, 1.54) is 4.68 Å². The van der Waals surface area contributed by atoms with Crippen molar-refractivity contribution in [2.45, 2.75) is 13.3 Å². The molecule has 0 aliphatic rings. The lowest BCUT2D eigenvalue weighted by Crippen LogP contribution is -2.02. The largest absolute Gasteiger partial charge is 0.476 e. The number of hydrogen-bond acceptors (Lipinski definition) is 2. The first kappa shape index (κ1) is 8.04.